The lowest BCUT2D eigenvalue weighted by Gasteiger charge is -2.35. The van der Waals surface area contributed by atoms with Crippen LogP contribution in [-0.2, 0) is 4.79 Å². The molecule has 1 saturated carbocycles. The molecule has 6 nitrogen and oxygen atoms in total. The van der Waals surface area contributed by atoms with Gasteiger partial charge in [-0.3, -0.25) is 4.79 Å². The average molecular weight is 289 g/mol. The molecular weight excluding hydrogens is 266 g/mol. The van der Waals surface area contributed by atoms with Gasteiger partial charge in [0.25, 0.3) is 0 Å². The monoisotopic (exact) mass is 289 g/mol. The van der Waals surface area contributed by atoms with Gasteiger partial charge in [0.15, 0.2) is 0 Å². The Bertz CT molecular complexity index is 555. The van der Waals surface area contributed by atoms with Gasteiger partial charge in [0.2, 0.25) is 5.91 Å². The van der Waals surface area contributed by atoms with Gasteiger partial charge in [0.05, 0.1) is 0 Å². The molecule has 114 valence electrons. The summed E-state index contributed by atoms with van der Waals surface area (Å²) in [4.78, 5) is 23.5. The predicted octanol–water partition coefficient (Wildman–Crippen LogP) is 1.42. The Morgan fingerprint density at radius 1 is 1.38 bits per heavy atom. The molecule has 1 aliphatic heterocycles. The van der Waals surface area contributed by atoms with Crippen molar-refractivity contribution in [1.82, 2.24) is 15.3 Å². The van der Waals surface area contributed by atoms with Crippen LogP contribution >= 0.6 is 0 Å². The number of carbonyl (C=O) groups is 1. The third-order valence-electron chi connectivity index (χ3n) is 4.20. The Morgan fingerprint density at radius 2 is 2.14 bits per heavy atom. The summed E-state index contributed by atoms with van der Waals surface area (Å²) in [6.07, 6.45) is 2.34. The van der Waals surface area contributed by atoms with Crippen molar-refractivity contribution in [2.24, 2.45) is 0 Å². The van der Waals surface area contributed by atoms with Crippen molar-refractivity contribution in [1.29, 1.82) is 0 Å². The first-order valence-electron chi connectivity index (χ1n) is 7.78. The van der Waals surface area contributed by atoms with Gasteiger partial charge in [-0.1, -0.05) is 0 Å². The number of nitrogens with one attached hydrogen (secondary N) is 2. The van der Waals surface area contributed by atoms with Crippen molar-refractivity contribution >= 4 is 17.5 Å². The van der Waals surface area contributed by atoms with E-state index in [-0.39, 0.29) is 11.9 Å². The van der Waals surface area contributed by atoms with Crippen LogP contribution in [0.5, 0.6) is 0 Å². The largest absolute Gasteiger partial charge is 0.370 e. The fourth-order valence-corrected chi connectivity index (χ4v) is 2.74. The van der Waals surface area contributed by atoms with Crippen molar-refractivity contribution in [3.63, 3.8) is 0 Å². The lowest BCUT2D eigenvalue weighted by molar-refractivity contribution is -0.122. The van der Waals surface area contributed by atoms with Crippen LogP contribution in [0.2, 0.25) is 0 Å². The highest BCUT2D eigenvalue weighted by Crippen LogP contribution is 2.40. The fourth-order valence-electron chi connectivity index (χ4n) is 2.74. The molecule has 1 unspecified atom stereocenters. The number of aromatic nitrogens is 2. The average Bonchev–Trinajstić information content (AvgIpc) is 3.29. The van der Waals surface area contributed by atoms with E-state index in [1.54, 1.807) is 0 Å². The zero-order chi connectivity index (χ0) is 15.0. The van der Waals surface area contributed by atoms with Gasteiger partial charge >= 0.3 is 0 Å². The van der Waals surface area contributed by atoms with Gasteiger partial charge in [-0.05, 0) is 33.6 Å². The molecule has 3 rings (SSSR count). The molecular formula is C15H23N5O. The van der Waals surface area contributed by atoms with Crippen molar-refractivity contribution in [3.8, 4) is 0 Å². The molecule has 0 bridgehead atoms. The third kappa shape index (κ3) is 2.66. The topological polar surface area (TPSA) is 70.2 Å². The first-order valence-corrected chi connectivity index (χ1v) is 7.78. The highest BCUT2D eigenvalue weighted by molar-refractivity contribution is 5.86. The Kier molecular flexibility index (Phi) is 3.69. The van der Waals surface area contributed by atoms with Gasteiger partial charge in [-0.15, -0.1) is 0 Å². The zero-order valence-electron chi connectivity index (χ0n) is 12.9. The van der Waals surface area contributed by atoms with Crippen molar-refractivity contribution < 1.29 is 4.79 Å². The molecule has 1 saturated heterocycles. The van der Waals surface area contributed by atoms with E-state index in [4.69, 9.17) is 4.98 Å². The van der Waals surface area contributed by atoms with Gasteiger partial charge in [-0.2, -0.15) is 0 Å². The quantitative estimate of drug-likeness (QED) is 0.877. The number of amides is 1. The van der Waals surface area contributed by atoms with E-state index in [9.17, 15) is 4.79 Å². The molecule has 1 amide bonds. The van der Waals surface area contributed by atoms with Crippen LogP contribution in [0.4, 0.5) is 11.6 Å². The maximum Gasteiger partial charge on any atom is 0.242 e. The minimum Gasteiger partial charge on any atom is -0.370 e. The highest BCUT2D eigenvalue weighted by Gasteiger charge is 2.32. The lowest BCUT2D eigenvalue weighted by Crippen LogP contribution is -2.54. The van der Waals surface area contributed by atoms with Crippen LogP contribution in [0.15, 0.2) is 0 Å². The minimum absolute atomic E-state index is 0.0669. The first kappa shape index (κ1) is 14.1. The zero-order valence-corrected chi connectivity index (χ0v) is 12.9. The van der Waals surface area contributed by atoms with Crippen molar-refractivity contribution in [2.75, 3.05) is 29.9 Å². The number of carbonyl (C=O) groups excluding carboxylic acids is 1. The molecule has 6 heteroatoms. The van der Waals surface area contributed by atoms with Crippen LogP contribution < -0.4 is 15.5 Å². The summed E-state index contributed by atoms with van der Waals surface area (Å²) in [5.41, 5.74) is 1.03. The molecule has 2 fully saturated rings. The Morgan fingerprint density at radius 3 is 2.81 bits per heavy atom. The summed E-state index contributed by atoms with van der Waals surface area (Å²) in [7, 11) is 0. The summed E-state index contributed by atoms with van der Waals surface area (Å²) >= 11 is 0. The second kappa shape index (κ2) is 5.50. The van der Waals surface area contributed by atoms with E-state index < -0.39 is 0 Å². The molecule has 21 heavy (non-hydrogen) atoms. The van der Waals surface area contributed by atoms with E-state index in [0.717, 1.165) is 36.1 Å². The lowest BCUT2D eigenvalue weighted by atomic mass is 10.1. The first-order chi connectivity index (χ1) is 10.1. The summed E-state index contributed by atoms with van der Waals surface area (Å²) in [5.74, 6) is 3.30. The minimum atomic E-state index is -0.186. The van der Waals surface area contributed by atoms with Gasteiger partial charge in [0.1, 0.15) is 23.5 Å². The van der Waals surface area contributed by atoms with Crippen molar-refractivity contribution in [2.45, 2.75) is 45.6 Å². The summed E-state index contributed by atoms with van der Waals surface area (Å²) in [5, 5.41) is 6.23. The smallest absolute Gasteiger partial charge is 0.242 e. The molecule has 2 aliphatic rings. The van der Waals surface area contributed by atoms with Crippen molar-refractivity contribution in [3.05, 3.63) is 11.4 Å². The third-order valence-corrected chi connectivity index (χ3v) is 4.20. The van der Waals surface area contributed by atoms with E-state index in [1.807, 2.05) is 13.8 Å². The number of piperazine rings is 1. The standard InChI is InChI=1S/C15H23N5O/c1-4-16-12-9(2)14(19-13(18-12)11-5-6-11)20-8-7-17-15(21)10(20)3/h10-11H,4-8H2,1-3H3,(H,17,21)(H,16,18,19). The highest BCUT2D eigenvalue weighted by atomic mass is 16.2. The molecule has 1 atom stereocenters. The fraction of sp³-hybridized carbons (Fsp3) is 0.667. The molecule has 0 radical (unpaired) electrons. The summed E-state index contributed by atoms with van der Waals surface area (Å²) in [6.45, 7) is 8.32. The predicted molar refractivity (Wildman–Crippen MR) is 82.7 cm³/mol. The number of anilines is 2. The Balaban J connectivity index is 2.01. The summed E-state index contributed by atoms with van der Waals surface area (Å²) in [6, 6.07) is -0.186. The van der Waals surface area contributed by atoms with E-state index in [0.29, 0.717) is 12.5 Å². The van der Waals surface area contributed by atoms with E-state index in [1.165, 1.54) is 12.8 Å². The molecule has 0 spiro atoms. The van der Waals surface area contributed by atoms with Crippen LogP contribution in [0.25, 0.3) is 0 Å². The molecule has 1 aromatic rings. The maximum atomic E-state index is 11.9. The number of hydrogen-bond donors (Lipinski definition) is 2. The van der Waals surface area contributed by atoms with E-state index in [2.05, 4.69) is 27.4 Å². The number of rotatable bonds is 4. The van der Waals surface area contributed by atoms with E-state index >= 15 is 0 Å². The van der Waals surface area contributed by atoms with Crippen LogP contribution in [0.3, 0.4) is 0 Å². The second-order valence-corrected chi connectivity index (χ2v) is 5.84. The maximum absolute atomic E-state index is 11.9. The second-order valence-electron chi connectivity index (χ2n) is 5.84. The molecule has 1 aliphatic carbocycles. The van der Waals surface area contributed by atoms with Gasteiger partial charge in [-0.25, -0.2) is 9.97 Å². The van der Waals surface area contributed by atoms with Crippen LogP contribution in [-0.4, -0.2) is 41.6 Å². The normalized spacial score (nSPS) is 22.1. The number of nitrogens with zero attached hydrogens (tertiary/aromatic N) is 3. The molecule has 0 aromatic carbocycles. The van der Waals surface area contributed by atoms with Crippen LogP contribution in [0.1, 0.15) is 44.0 Å². The van der Waals surface area contributed by atoms with Gasteiger partial charge < -0.3 is 15.5 Å². The Labute approximate surface area is 125 Å². The molecule has 2 N–H and O–H groups in total. The molecule has 2 heterocycles. The van der Waals surface area contributed by atoms with Gasteiger partial charge in [0, 0.05) is 31.1 Å². The summed E-state index contributed by atoms with van der Waals surface area (Å²) < 4.78 is 0. The SMILES string of the molecule is CCNc1nc(C2CC2)nc(N2CCNC(=O)C2C)c1C. The number of hydrogen-bond acceptors (Lipinski definition) is 5. The Hall–Kier alpha value is -1.85. The molecule has 1 aromatic heterocycles. The van der Waals surface area contributed by atoms with Crippen LogP contribution in [0, 0.1) is 6.92 Å².